The van der Waals surface area contributed by atoms with Crippen molar-refractivity contribution in [3.05, 3.63) is 60.1 Å². The van der Waals surface area contributed by atoms with Crippen molar-refractivity contribution in [2.75, 3.05) is 0 Å². The number of carbonyl (C=O) groups is 1. The van der Waals surface area contributed by atoms with E-state index in [1.807, 2.05) is 18.2 Å². The maximum absolute atomic E-state index is 12.0. The van der Waals surface area contributed by atoms with Gasteiger partial charge in [0.25, 0.3) is 0 Å². The van der Waals surface area contributed by atoms with E-state index in [0.717, 1.165) is 5.56 Å². The number of aliphatic hydroxyl groups excluding tert-OH is 1. The van der Waals surface area contributed by atoms with E-state index in [2.05, 4.69) is 0 Å². The number of hydrogen-bond donors (Lipinski definition) is 1. The second kappa shape index (κ2) is 4.97. The Hall–Kier alpha value is -1.87. The number of carbonyl (C=O) groups excluding carboxylic acids is 1. The average Bonchev–Trinajstić information content (AvgIpc) is 2.91. The van der Waals surface area contributed by atoms with Crippen LogP contribution in [0.2, 0.25) is 0 Å². The van der Waals surface area contributed by atoms with Crippen LogP contribution in [-0.4, -0.2) is 10.9 Å². The summed E-state index contributed by atoms with van der Waals surface area (Å²) in [6.07, 6.45) is 0.642. The third kappa shape index (κ3) is 2.45. The molecule has 17 heavy (non-hydrogen) atoms. The number of furan rings is 1. The zero-order valence-electron chi connectivity index (χ0n) is 9.54. The molecular weight excluding hydrogens is 216 g/mol. The number of rotatable bonds is 4. The van der Waals surface area contributed by atoms with Gasteiger partial charge in [-0.05, 0) is 17.7 Å². The van der Waals surface area contributed by atoms with Crippen LogP contribution in [0.1, 0.15) is 29.1 Å². The van der Waals surface area contributed by atoms with Gasteiger partial charge in [0.05, 0.1) is 18.3 Å². The Morgan fingerprint density at radius 1 is 1.18 bits per heavy atom. The maximum atomic E-state index is 12.0. The molecule has 3 heteroatoms. The largest absolute Gasteiger partial charge is 0.461 e. The highest BCUT2D eigenvalue weighted by molar-refractivity contribution is 5.95. The Bertz CT molecular complexity index is 473. The fourth-order valence-corrected chi connectivity index (χ4v) is 1.73. The predicted octanol–water partition coefficient (Wildman–Crippen LogP) is 2.83. The van der Waals surface area contributed by atoms with Crippen molar-refractivity contribution < 1.29 is 14.3 Å². The molecule has 0 aliphatic heterocycles. The fourth-order valence-electron chi connectivity index (χ4n) is 1.73. The summed E-state index contributed by atoms with van der Waals surface area (Å²) in [6.45, 7) is 1.70. The maximum Gasteiger partial charge on any atom is 0.203 e. The van der Waals surface area contributed by atoms with Gasteiger partial charge in [-0.2, -0.15) is 0 Å². The van der Waals surface area contributed by atoms with Crippen LogP contribution in [0.15, 0.2) is 53.1 Å². The van der Waals surface area contributed by atoms with Crippen LogP contribution in [0.25, 0.3) is 0 Å². The smallest absolute Gasteiger partial charge is 0.203 e. The van der Waals surface area contributed by atoms with Crippen molar-refractivity contribution in [2.45, 2.75) is 13.0 Å². The molecule has 2 atom stereocenters. The molecule has 3 nitrogen and oxygen atoms in total. The third-order valence-corrected chi connectivity index (χ3v) is 2.79. The molecule has 1 aromatic carbocycles. The summed E-state index contributed by atoms with van der Waals surface area (Å²) in [7, 11) is 0. The lowest BCUT2D eigenvalue weighted by atomic mass is 9.93. The van der Waals surface area contributed by atoms with Gasteiger partial charge in [-0.1, -0.05) is 37.3 Å². The molecular formula is C14H14O3. The van der Waals surface area contributed by atoms with Crippen LogP contribution in [0.5, 0.6) is 0 Å². The molecule has 2 aromatic rings. The van der Waals surface area contributed by atoms with Crippen LogP contribution < -0.4 is 0 Å². The Morgan fingerprint density at radius 2 is 1.88 bits per heavy atom. The van der Waals surface area contributed by atoms with E-state index in [1.54, 1.807) is 31.2 Å². The highest BCUT2D eigenvalue weighted by Crippen LogP contribution is 2.24. The van der Waals surface area contributed by atoms with Crippen molar-refractivity contribution >= 4 is 5.78 Å². The highest BCUT2D eigenvalue weighted by atomic mass is 16.3. The van der Waals surface area contributed by atoms with Gasteiger partial charge in [0.2, 0.25) is 5.78 Å². The lowest BCUT2D eigenvalue weighted by Gasteiger charge is -2.16. The average molecular weight is 230 g/mol. The molecule has 1 heterocycles. The summed E-state index contributed by atoms with van der Waals surface area (Å²) in [5.41, 5.74) is 0.736. The third-order valence-electron chi connectivity index (χ3n) is 2.79. The van der Waals surface area contributed by atoms with Crippen molar-refractivity contribution in [3.8, 4) is 0 Å². The molecule has 0 amide bonds. The first-order chi connectivity index (χ1) is 8.20. The molecule has 0 radical (unpaired) electrons. The van der Waals surface area contributed by atoms with Crippen molar-refractivity contribution in [3.63, 3.8) is 0 Å². The monoisotopic (exact) mass is 230 g/mol. The first kappa shape index (κ1) is 11.6. The van der Waals surface area contributed by atoms with Gasteiger partial charge < -0.3 is 9.52 Å². The fraction of sp³-hybridized carbons (Fsp3) is 0.214. The zero-order valence-corrected chi connectivity index (χ0v) is 9.54. The molecule has 0 aliphatic carbocycles. The lowest BCUT2D eigenvalue weighted by Crippen LogP contribution is -2.19. The molecule has 0 unspecified atom stereocenters. The van der Waals surface area contributed by atoms with E-state index in [4.69, 9.17) is 4.42 Å². The van der Waals surface area contributed by atoms with E-state index >= 15 is 0 Å². The molecule has 88 valence electrons. The lowest BCUT2D eigenvalue weighted by molar-refractivity contribution is 0.0687. The van der Waals surface area contributed by atoms with Gasteiger partial charge in [-0.15, -0.1) is 0 Å². The van der Waals surface area contributed by atoms with Crippen LogP contribution in [0, 0.1) is 5.92 Å². The second-order valence-electron chi connectivity index (χ2n) is 3.99. The highest BCUT2D eigenvalue weighted by Gasteiger charge is 2.25. The van der Waals surface area contributed by atoms with Crippen LogP contribution in [0.4, 0.5) is 0 Å². The van der Waals surface area contributed by atoms with Gasteiger partial charge >= 0.3 is 0 Å². The van der Waals surface area contributed by atoms with Gasteiger partial charge in [0, 0.05) is 0 Å². The molecule has 0 saturated heterocycles. The van der Waals surface area contributed by atoms with Gasteiger partial charge in [0.1, 0.15) is 0 Å². The number of ketones is 1. The van der Waals surface area contributed by atoms with Gasteiger partial charge in [-0.25, -0.2) is 0 Å². The molecule has 0 saturated carbocycles. The number of Topliss-reactive ketones (excluding diaryl/α,β-unsaturated/α-hetero) is 1. The Balaban J connectivity index is 2.15. The van der Waals surface area contributed by atoms with E-state index in [9.17, 15) is 9.90 Å². The summed E-state index contributed by atoms with van der Waals surface area (Å²) in [5.74, 6) is -0.428. The Labute approximate surface area is 99.7 Å². The van der Waals surface area contributed by atoms with Crippen molar-refractivity contribution in [2.24, 2.45) is 5.92 Å². The van der Waals surface area contributed by atoms with Crippen LogP contribution in [-0.2, 0) is 0 Å². The molecule has 0 aliphatic rings. The minimum atomic E-state index is -0.811. The standard InChI is InChI=1S/C14H14O3/c1-10(14(16)12-8-5-9-17-12)13(15)11-6-3-2-4-7-11/h2-10,13,15H,1H3/t10-,13+/m1/s1. The molecule has 0 spiro atoms. The van der Waals surface area contributed by atoms with Crippen LogP contribution >= 0.6 is 0 Å². The number of hydrogen-bond acceptors (Lipinski definition) is 3. The van der Waals surface area contributed by atoms with E-state index in [-0.39, 0.29) is 11.5 Å². The summed E-state index contributed by atoms with van der Waals surface area (Å²) in [4.78, 5) is 12.0. The number of benzene rings is 1. The quantitative estimate of drug-likeness (QED) is 0.821. The first-order valence-corrected chi connectivity index (χ1v) is 5.51. The summed E-state index contributed by atoms with van der Waals surface area (Å²) >= 11 is 0. The predicted molar refractivity (Wildman–Crippen MR) is 63.6 cm³/mol. The van der Waals surface area contributed by atoms with Crippen LogP contribution in [0.3, 0.4) is 0 Å². The number of aliphatic hydroxyl groups is 1. The summed E-state index contributed by atoms with van der Waals surface area (Å²) in [5, 5.41) is 10.1. The van der Waals surface area contributed by atoms with E-state index in [1.165, 1.54) is 6.26 Å². The van der Waals surface area contributed by atoms with Gasteiger partial charge in [-0.3, -0.25) is 4.79 Å². The molecule has 2 rings (SSSR count). The van der Waals surface area contributed by atoms with Crippen molar-refractivity contribution in [1.29, 1.82) is 0 Å². The topological polar surface area (TPSA) is 50.4 Å². The summed E-state index contributed by atoms with van der Waals surface area (Å²) in [6, 6.07) is 12.4. The molecule has 1 aromatic heterocycles. The second-order valence-corrected chi connectivity index (χ2v) is 3.99. The van der Waals surface area contributed by atoms with Gasteiger partial charge in [0.15, 0.2) is 5.76 Å². The minimum absolute atomic E-state index is 0.189. The molecule has 0 bridgehead atoms. The normalized spacial score (nSPS) is 14.2. The molecule has 1 N–H and O–H groups in total. The molecule has 0 fully saturated rings. The van der Waals surface area contributed by atoms with E-state index in [0.29, 0.717) is 0 Å². The first-order valence-electron chi connectivity index (χ1n) is 5.51. The van der Waals surface area contributed by atoms with E-state index < -0.39 is 12.0 Å². The Kier molecular flexibility index (Phi) is 3.40. The zero-order chi connectivity index (χ0) is 12.3. The van der Waals surface area contributed by atoms with Crippen molar-refractivity contribution in [1.82, 2.24) is 0 Å². The summed E-state index contributed by atoms with van der Waals surface area (Å²) < 4.78 is 5.04. The minimum Gasteiger partial charge on any atom is -0.461 e. The Morgan fingerprint density at radius 3 is 2.47 bits per heavy atom. The SMILES string of the molecule is C[C@@H](C(=O)c1ccco1)[C@H](O)c1ccccc1.